The number of carbonyl (C=O) groups is 2. The van der Waals surface area contributed by atoms with E-state index in [-0.39, 0.29) is 12.5 Å². The van der Waals surface area contributed by atoms with E-state index < -0.39 is 11.6 Å². The van der Waals surface area contributed by atoms with Crippen molar-refractivity contribution in [3.05, 3.63) is 0 Å². The maximum absolute atomic E-state index is 11.5. The molecule has 1 aliphatic heterocycles. The summed E-state index contributed by atoms with van der Waals surface area (Å²) in [7, 11) is 0. The van der Waals surface area contributed by atoms with Crippen LogP contribution >= 0.6 is 0 Å². The Hall–Kier alpha value is -1.14. The smallest absolute Gasteiger partial charge is 0.329 e. The summed E-state index contributed by atoms with van der Waals surface area (Å²) in [5, 5.41) is 11.4. The third-order valence-electron chi connectivity index (χ3n) is 2.47. The summed E-state index contributed by atoms with van der Waals surface area (Å²) < 4.78 is 5.20. The van der Waals surface area contributed by atoms with Crippen LogP contribution in [-0.2, 0) is 14.3 Å². The first kappa shape index (κ1) is 12.9. The molecular formula is C10H18N2O4. The molecule has 0 aromatic rings. The Kier molecular flexibility index (Phi) is 4.26. The van der Waals surface area contributed by atoms with E-state index in [9.17, 15) is 9.59 Å². The van der Waals surface area contributed by atoms with Gasteiger partial charge >= 0.3 is 5.97 Å². The molecule has 6 nitrogen and oxygen atoms in total. The molecule has 1 amide bonds. The average molecular weight is 230 g/mol. The van der Waals surface area contributed by atoms with Crippen LogP contribution in [-0.4, -0.2) is 60.3 Å². The van der Waals surface area contributed by atoms with Gasteiger partial charge in [0, 0.05) is 0 Å². The van der Waals surface area contributed by atoms with E-state index in [1.54, 1.807) is 4.90 Å². The highest BCUT2D eigenvalue weighted by molar-refractivity contribution is 5.79. The molecule has 1 saturated heterocycles. The van der Waals surface area contributed by atoms with Gasteiger partial charge in [-0.2, -0.15) is 0 Å². The van der Waals surface area contributed by atoms with E-state index in [0.717, 1.165) is 6.54 Å². The maximum atomic E-state index is 11.5. The third-order valence-corrected chi connectivity index (χ3v) is 2.47. The van der Waals surface area contributed by atoms with Gasteiger partial charge in [-0.15, -0.1) is 0 Å². The second kappa shape index (κ2) is 5.27. The molecule has 0 radical (unpaired) electrons. The quantitative estimate of drug-likeness (QED) is 0.630. The van der Waals surface area contributed by atoms with Gasteiger partial charge in [0.2, 0.25) is 5.91 Å². The number of nitrogens with zero attached hydrogens (tertiary/aromatic N) is 1. The lowest BCUT2D eigenvalue weighted by Crippen LogP contribution is -2.64. The Morgan fingerprint density at radius 1 is 1.50 bits per heavy atom. The number of likely N-dealkylation sites (tertiary alicyclic amines) is 1. The van der Waals surface area contributed by atoms with E-state index in [0.29, 0.717) is 19.6 Å². The van der Waals surface area contributed by atoms with Crippen molar-refractivity contribution in [3.63, 3.8) is 0 Å². The molecule has 16 heavy (non-hydrogen) atoms. The van der Waals surface area contributed by atoms with Crippen molar-refractivity contribution in [2.45, 2.75) is 19.4 Å². The number of aliphatic carboxylic acids is 1. The summed E-state index contributed by atoms with van der Waals surface area (Å²) in [6.45, 7) is 5.44. The SMILES string of the molecule is CCNCC(=O)N1CC(C)(OCC(=O)O)C1. The van der Waals surface area contributed by atoms with Gasteiger partial charge in [-0.1, -0.05) is 6.92 Å². The van der Waals surface area contributed by atoms with E-state index >= 15 is 0 Å². The van der Waals surface area contributed by atoms with Crippen molar-refractivity contribution in [1.82, 2.24) is 10.2 Å². The number of rotatable bonds is 6. The number of hydrogen-bond donors (Lipinski definition) is 2. The maximum Gasteiger partial charge on any atom is 0.329 e. The van der Waals surface area contributed by atoms with E-state index in [1.807, 2.05) is 13.8 Å². The zero-order valence-corrected chi connectivity index (χ0v) is 9.65. The van der Waals surface area contributed by atoms with Crippen molar-refractivity contribution in [3.8, 4) is 0 Å². The minimum Gasteiger partial charge on any atom is -0.480 e. The Morgan fingerprint density at radius 3 is 2.62 bits per heavy atom. The average Bonchev–Trinajstić information content (AvgIpc) is 2.19. The van der Waals surface area contributed by atoms with Crippen LogP contribution < -0.4 is 5.32 Å². The van der Waals surface area contributed by atoms with E-state index in [1.165, 1.54) is 0 Å². The summed E-state index contributed by atoms with van der Waals surface area (Å²) in [5.74, 6) is -0.961. The molecule has 1 heterocycles. The van der Waals surface area contributed by atoms with Gasteiger partial charge < -0.3 is 20.1 Å². The fourth-order valence-corrected chi connectivity index (χ4v) is 1.61. The zero-order chi connectivity index (χ0) is 12.2. The second-order valence-corrected chi connectivity index (χ2v) is 4.16. The summed E-state index contributed by atoms with van der Waals surface area (Å²) in [6, 6.07) is 0. The van der Waals surface area contributed by atoms with Gasteiger partial charge in [0.25, 0.3) is 0 Å². The molecule has 0 aromatic heterocycles. The monoisotopic (exact) mass is 230 g/mol. The van der Waals surface area contributed by atoms with Crippen LogP contribution in [0, 0.1) is 0 Å². The molecular weight excluding hydrogens is 212 g/mol. The van der Waals surface area contributed by atoms with E-state index in [4.69, 9.17) is 9.84 Å². The highest BCUT2D eigenvalue weighted by Gasteiger charge is 2.42. The Morgan fingerprint density at radius 2 is 2.12 bits per heavy atom. The predicted molar refractivity (Wildman–Crippen MR) is 57.1 cm³/mol. The number of carboxylic acids is 1. The fourth-order valence-electron chi connectivity index (χ4n) is 1.61. The number of carboxylic acid groups (broad SMARTS) is 1. The molecule has 0 aliphatic carbocycles. The van der Waals surface area contributed by atoms with Gasteiger partial charge in [0.1, 0.15) is 12.2 Å². The van der Waals surface area contributed by atoms with Crippen molar-refractivity contribution in [1.29, 1.82) is 0 Å². The zero-order valence-electron chi connectivity index (χ0n) is 9.65. The van der Waals surface area contributed by atoms with Crippen LogP contribution in [0.15, 0.2) is 0 Å². The summed E-state index contributed by atoms with van der Waals surface area (Å²) >= 11 is 0. The Bertz CT molecular complexity index is 274. The lowest BCUT2D eigenvalue weighted by Gasteiger charge is -2.47. The van der Waals surface area contributed by atoms with E-state index in [2.05, 4.69) is 5.32 Å². The van der Waals surface area contributed by atoms with Gasteiger partial charge in [0.05, 0.1) is 19.6 Å². The standard InChI is InChI=1S/C10H18N2O4/c1-3-11-4-8(13)12-6-10(2,7-12)16-5-9(14)15/h11H,3-7H2,1-2H3,(H,14,15). The molecule has 0 bridgehead atoms. The fraction of sp³-hybridized carbons (Fsp3) is 0.800. The number of amides is 1. The minimum absolute atomic E-state index is 0.0262. The van der Waals surface area contributed by atoms with Crippen LogP contribution in [0.1, 0.15) is 13.8 Å². The number of nitrogens with one attached hydrogen (secondary N) is 1. The van der Waals surface area contributed by atoms with Crippen LogP contribution in [0.4, 0.5) is 0 Å². The van der Waals surface area contributed by atoms with Crippen molar-refractivity contribution in [2.75, 3.05) is 32.8 Å². The first-order chi connectivity index (χ1) is 7.47. The molecule has 92 valence electrons. The van der Waals surface area contributed by atoms with Crippen LogP contribution in [0.25, 0.3) is 0 Å². The molecule has 1 rings (SSSR count). The van der Waals surface area contributed by atoms with Crippen LogP contribution in [0.3, 0.4) is 0 Å². The van der Waals surface area contributed by atoms with Crippen LogP contribution in [0.2, 0.25) is 0 Å². The van der Waals surface area contributed by atoms with Crippen molar-refractivity contribution in [2.24, 2.45) is 0 Å². The third kappa shape index (κ3) is 3.46. The Balaban J connectivity index is 2.24. The van der Waals surface area contributed by atoms with Gasteiger partial charge in [-0.25, -0.2) is 4.79 Å². The van der Waals surface area contributed by atoms with Crippen molar-refractivity contribution >= 4 is 11.9 Å². The molecule has 1 fully saturated rings. The first-order valence-corrected chi connectivity index (χ1v) is 5.31. The predicted octanol–water partition coefficient (Wildman–Crippen LogP) is -0.702. The van der Waals surface area contributed by atoms with Crippen LogP contribution in [0.5, 0.6) is 0 Å². The molecule has 2 N–H and O–H groups in total. The highest BCUT2D eigenvalue weighted by atomic mass is 16.5. The molecule has 6 heteroatoms. The number of carbonyl (C=O) groups excluding carboxylic acids is 1. The lowest BCUT2D eigenvalue weighted by atomic mass is 9.96. The number of ether oxygens (including phenoxy) is 1. The molecule has 1 aliphatic rings. The highest BCUT2D eigenvalue weighted by Crippen LogP contribution is 2.24. The number of likely N-dealkylation sites (N-methyl/N-ethyl adjacent to an activating group) is 1. The van der Waals surface area contributed by atoms with Gasteiger partial charge in [-0.05, 0) is 13.5 Å². The molecule has 0 aromatic carbocycles. The topological polar surface area (TPSA) is 78.9 Å². The minimum atomic E-state index is -0.987. The lowest BCUT2D eigenvalue weighted by molar-refractivity contribution is -0.172. The molecule has 0 atom stereocenters. The normalized spacial score (nSPS) is 18.0. The summed E-state index contributed by atoms with van der Waals surface area (Å²) in [5.41, 5.74) is -0.500. The number of hydrogen-bond acceptors (Lipinski definition) is 4. The van der Waals surface area contributed by atoms with Gasteiger partial charge in [0.15, 0.2) is 0 Å². The molecule has 0 spiro atoms. The van der Waals surface area contributed by atoms with Gasteiger partial charge in [-0.3, -0.25) is 4.79 Å². The van der Waals surface area contributed by atoms with Crippen molar-refractivity contribution < 1.29 is 19.4 Å². The largest absolute Gasteiger partial charge is 0.480 e. The second-order valence-electron chi connectivity index (χ2n) is 4.16. The first-order valence-electron chi connectivity index (χ1n) is 5.31. The summed E-state index contributed by atoms with van der Waals surface area (Å²) in [4.78, 5) is 23.5. The Labute approximate surface area is 94.6 Å². The molecule has 0 saturated carbocycles. The summed E-state index contributed by atoms with van der Waals surface area (Å²) in [6.07, 6.45) is 0. The molecule has 0 unspecified atom stereocenters.